The van der Waals surface area contributed by atoms with Crippen molar-refractivity contribution in [3.63, 3.8) is 0 Å². The van der Waals surface area contributed by atoms with Crippen molar-refractivity contribution >= 4 is 17.8 Å². The number of rotatable bonds is 7. The number of nitrogens with one attached hydrogen (secondary N) is 1. The molecule has 1 saturated heterocycles. The van der Waals surface area contributed by atoms with Crippen LogP contribution in [0.15, 0.2) is 0 Å². The van der Waals surface area contributed by atoms with Crippen molar-refractivity contribution in [1.82, 2.24) is 15.0 Å². The molecule has 0 amide bonds. The summed E-state index contributed by atoms with van der Waals surface area (Å²) in [7, 11) is 1.61. The van der Waals surface area contributed by atoms with Crippen LogP contribution in [0.2, 0.25) is 0 Å². The molecular formula is C12H22N6O2. The molecule has 1 aromatic heterocycles. The maximum Gasteiger partial charge on any atom is 0.231 e. The van der Waals surface area contributed by atoms with Gasteiger partial charge in [0.15, 0.2) is 0 Å². The van der Waals surface area contributed by atoms with Gasteiger partial charge in [-0.25, -0.2) is 0 Å². The number of hydrogen-bond acceptors (Lipinski definition) is 8. The minimum absolute atomic E-state index is 0.0572. The Balaban J connectivity index is 2.09. The van der Waals surface area contributed by atoms with Crippen molar-refractivity contribution < 1.29 is 9.84 Å². The molecule has 1 unspecified atom stereocenters. The van der Waals surface area contributed by atoms with Gasteiger partial charge in [0.1, 0.15) is 0 Å². The Labute approximate surface area is 118 Å². The van der Waals surface area contributed by atoms with E-state index in [4.69, 9.17) is 15.6 Å². The SMILES string of the molecule is COCC(CCO)Nc1nc(N)nc(N2CCCC2)n1. The Morgan fingerprint density at radius 1 is 1.35 bits per heavy atom. The lowest BCUT2D eigenvalue weighted by atomic mass is 10.2. The number of aliphatic hydroxyl groups is 1. The summed E-state index contributed by atoms with van der Waals surface area (Å²) in [5, 5.41) is 12.2. The number of ether oxygens (including phenoxy) is 1. The molecule has 2 heterocycles. The molecule has 8 nitrogen and oxygen atoms in total. The summed E-state index contributed by atoms with van der Waals surface area (Å²) in [4.78, 5) is 14.8. The third-order valence-electron chi connectivity index (χ3n) is 3.21. The van der Waals surface area contributed by atoms with E-state index in [0.29, 0.717) is 24.9 Å². The molecule has 0 saturated carbocycles. The Kier molecular flexibility index (Phi) is 5.31. The number of nitrogens with zero attached hydrogens (tertiary/aromatic N) is 4. The van der Waals surface area contributed by atoms with Gasteiger partial charge in [-0.3, -0.25) is 0 Å². The first-order chi connectivity index (χ1) is 9.72. The minimum atomic E-state index is -0.0572. The first-order valence-corrected chi connectivity index (χ1v) is 6.85. The maximum absolute atomic E-state index is 9.04. The highest BCUT2D eigenvalue weighted by atomic mass is 16.5. The molecule has 0 spiro atoms. The molecule has 0 bridgehead atoms. The number of anilines is 3. The van der Waals surface area contributed by atoms with E-state index in [1.54, 1.807) is 7.11 Å². The van der Waals surface area contributed by atoms with E-state index in [0.717, 1.165) is 25.9 Å². The van der Waals surface area contributed by atoms with Gasteiger partial charge in [-0.05, 0) is 19.3 Å². The maximum atomic E-state index is 9.04. The highest BCUT2D eigenvalue weighted by Gasteiger charge is 2.18. The smallest absolute Gasteiger partial charge is 0.231 e. The van der Waals surface area contributed by atoms with Crippen LogP contribution in [0.4, 0.5) is 17.8 Å². The average molecular weight is 282 g/mol. The first-order valence-electron chi connectivity index (χ1n) is 6.85. The first kappa shape index (κ1) is 14.7. The normalized spacial score (nSPS) is 16.4. The van der Waals surface area contributed by atoms with E-state index in [9.17, 15) is 0 Å². The standard InChI is InChI=1S/C12H22N6O2/c1-20-8-9(4-7-19)14-11-15-10(13)16-12(17-11)18-5-2-3-6-18/h9,19H,2-8H2,1H3,(H3,13,14,15,16,17). The molecule has 112 valence electrons. The highest BCUT2D eigenvalue weighted by Crippen LogP contribution is 2.18. The second-order valence-electron chi connectivity index (χ2n) is 4.82. The molecule has 1 aromatic rings. The number of methoxy groups -OCH3 is 1. The Morgan fingerprint density at radius 2 is 2.10 bits per heavy atom. The predicted octanol–water partition coefficient (Wildman–Crippen LogP) is -0.137. The van der Waals surface area contributed by atoms with Gasteiger partial charge in [0.05, 0.1) is 12.6 Å². The fourth-order valence-corrected chi connectivity index (χ4v) is 2.24. The quantitative estimate of drug-likeness (QED) is 0.634. The number of nitrogen functional groups attached to an aromatic ring is 1. The molecular weight excluding hydrogens is 260 g/mol. The molecule has 1 atom stereocenters. The zero-order valence-corrected chi connectivity index (χ0v) is 11.7. The van der Waals surface area contributed by atoms with Crippen LogP contribution in [-0.4, -0.2) is 59.5 Å². The van der Waals surface area contributed by atoms with Crippen LogP contribution in [0.3, 0.4) is 0 Å². The molecule has 0 aromatic carbocycles. The minimum Gasteiger partial charge on any atom is -0.396 e. The fourth-order valence-electron chi connectivity index (χ4n) is 2.24. The average Bonchev–Trinajstić information content (AvgIpc) is 2.92. The molecule has 2 rings (SSSR count). The lowest BCUT2D eigenvalue weighted by Crippen LogP contribution is -2.28. The lowest BCUT2D eigenvalue weighted by Gasteiger charge is -2.19. The highest BCUT2D eigenvalue weighted by molar-refractivity contribution is 5.42. The Hall–Kier alpha value is -1.67. The van der Waals surface area contributed by atoms with Crippen molar-refractivity contribution in [2.24, 2.45) is 0 Å². The van der Waals surface area contributed by atoms with Crippen LogP contribution in [0.25, 0.3) is 0 Å². The number of hydrogen-bond donors (Lipinski definition) is 3. The summed E-state index contributed by atoms with van der Waals surface area (Å²) in [6.07, 6.45) is 2.84. The monoisotopic (exact) mass is 282 g/mol. The van der Waals surface area contributed by atoms with Gasteiger partial charge in [0.2, 0.25) is 17.8 Å². The van der Waals surface area contributed by atoms with Crippen LogP contribution >= 0.6 is 0 Å². The van der Waals surface area contributed by atoms with E-state index in [2.05, 4.69) is 25.2 Å². The topological polar surface area (TPSA) is 109 Å². The van der Waals surface area contributed by atoms with Gasteiger partial charge in [0, 0.05) is 26.8 Å². The zero-order chi connectivity index (χ0) is 14.4. The molecule has 1 aliphatic rings. The van der Waals surface area contributed by atoms with Crippen molar-refractivity contribution in [2.75, 3.05) is 49.4 Å². The molecule has 1 fully saturated rings. The van der Waals surface area contributed by atoms with Crippen molar-refractivity contribution in [1.29, 1.82) is 0 Å². The van der Waals surface area contributed by atoms with E-state index in [-0.39, 0.29) is 18.6 Å². The second-order valence-corrected chi connectivity index (χ2v) is 4.82. The summed E-state index contributed by atoms with van der Waals surface area (Å²) in [6, 6.07) is -0.0572. The van der Waals surface area contributed by atoms with Crippen LogP contribution in [0.1, 0.15) is 19.3 Å². The number of aromatic nitrogens is 3. The number of aliphatic hydroxyl groups excluding tert-OH is 1. The van der Waals surface area contributed by atoms with Crippen LogP contribution in [0.5, 0.6) is 0 Å². The lowest BCUT2D eigenvalue weighted by molar-refractivity contribution is 0.170. The van der Waals surface area contributed by atoms with Crippen LogP contribution < -0.4 is 16.0 Å². The summed E-state index contributed by atoms with van der Waals surface area (Å²) in [5.41, 5.74) is 5.74. The summed E-state index contributed by atoms with van der Waals surface area (Å²) in [6.45, 7) is 2.42. The van der Waals surface area contributed by atoms with Crippen LogP contribution in [-0.2, 0) is 4.74 Å². The summed E-state index contributed by atoms with van der Waals surface area (Å²) in [5.74, 6) is 1.23. The van der Waals surface area contributed by atoms with E-state index in [1.165, 1.54) is 0 Å². The molecule has 8 heteroatoms. The zero-order valence-electron chi connectivity index (χ0n) is 11.7. The Morgan fingerprint density at radius 3 is 2.75 bits per heavy atom. The van der Waals surface area contributed by atoms with Gasteiger partial charge in [0.25, 0.3) is 0 Å². The molecule has 20 heavy (non-hydrogen) atoms. The van der Waals surface area contributed by atoms with E-state index in [1.807, 2.05) is 0 Å². The fraction of sp³-hybridized carbons (Fsp3) is 0.750. The Bertz CT molecular complexity index is 418. The van der Waals surface area contributed by atoms with Gasteiger partial charge < -0.3 is 25.8 Å². The molecule has 0 radical (unpaired) electrons. The van der Waals surface area contributed by atoms with E-state index >= 15 is 0 Å². The summed E-state index contributed by atoms with van der Waals surface area (Å²) < 4.78 is 5.10. The second kappa shape index (κ2) is 7.20. The van der Waals surface area contributed by atoms with E-state index < -0.39 is 0 Å². The summed E-state index contributed by atoms with van der Waals surface area (Å²) >= 11 is 0. The van der Waals surface area contributed by atoms with Crippen LogP contribution in [0, 0.1) is 0 Å². The van der Waals surface area contributed by atoms with Crippen molar-refractivity contribution in [3.05, 3.63) is 0 Å². The molecule has 0 aliphatic carbocycles. The van der Waals surface area contributed by atoms with Crippen molar-refractivity contribution in [3.8, 4) is 0 Å². The molecule has 1 aliphatic heterocycles. The van der Waals surface area contributed by atoms with Crippen molar-refractivity contribution in [2.45, 2.75) is 25.3 Å². The van der Waals surface area contributed by atoms with Gasteiger partial charge in [-0.1, -0.05) is 0 Å². The third-order valence-corrected chi connectivity index (χ3v) is 3.21. The third kappa shape index (κ3) is 3.91. The predicted molar refractivity (Wildman–Crippen MR) is 76.7 cm³/mol. The largest absolute Gasteiger partial charge is 0.396 e. The van der Waals surface area contributed by atoms with Gasteiger partial charge >= 0.3 is 0 Å². The van der Waals surface area contributed by atoms with Gasteiger partial charge in [-0.15, -0.1) is 0 Å². The number of nitrogens with two attached hydrogens (primary N) is 1. The van der Waals surface area contributed by atoms with Gasteiger partial charge in [-0.2, -0.15) is 15.0 Å². The molecule has 4 N–H and O–H groups in total.